The Balaban J connectivity index is 1.73. The van der Waals surface area contributed by atoms with Gasteiger partial charge in [0.15, 0.2) is 11.6 Å². The third-order valence-electron chi connectivity index (χ3n) is 4.54. The van der Waals surface area contributed by atoms with Crippen LogP contribution in [0.25, 0.3) is 6.08 Å². The first-order valence-corrected chi connectivity index (χ1v) is 7.80. The molecule has 0 spiro atoms. The Morgan fingerprint density at radius 2 is 1.75 bits per heavy atom. The molecular weight excluding hydrogens is 254 g/mol. The average molecular weight is 278 g/mol. The zero-order valence-electron chi connectivity index (χ0n) is 12.2. The largest absolute Gasteiger partial charge is 0.204 e. The molecule has 0 aliphatic heterocycles. The molecule has 2 rings (SSSR count). The minimum atomic E-state index is -0.783. The van der Waals surface area contributed by atoms with Crippen LogP contribution in [0.15, 0.2) is 24.3 Å². The molecule has 0 unspecified atom stereocenters. The maximum atomic E-state index is 13.0. The van der Waals surface area contributed by atoms with Crippen LogP contribution in [0.3, 0.4) is 0 Å². The number of hydrogen-bond donors (Lipinski definition) is 0. The van der Waals surface area contributed by atoms with Gasteiger partial charge in [-0.2, -0.15) is 0 Å². The van der Waals surface area contributed by atoms with Crippen molar-refractivity contribution < 1.29 is 8.78 Å². The number of halogens is 2. The second-order valence-electron chi connectivity index (χ2n) is 5.95. The molecule has 0 radical (unpaired) electrons. The van der Waals surface area contributed by atoms with Crippen molar-refractivity contribution in [1.29, 1.82) is 0 Å². The molecule has 110 valence electrons. The van der Waals surface area contributed by atoms with Gasteiger partial charge in [-0.1, -0.05) is 57.2 Å². The van der Waals surface area contributed by atoms with Crippen LogP contribution in [-0.4, -0.2) is 0 Å². The molecule has 0 N–H and O–H groups in total. The third-order valence-corrected chi connectivity index (χ3v) is 4.54. The summed E-state index contributed by atoms with van der Waals surface area (Å²) in [6.45, 7) is 2.29. The van der Waals surface area contributed by atoms with Gasteiger partial charge in [-0.15, -0.1) is 0 Å². The van der Waals surface area contributed by atoms with Crippen LogP contribution < -0.4 is 0 Å². The Morgan fingerprint density at radius 1 is 1.05 bits per heavy atom. The molecule has 1 aliphatic carbocycles. The Morgan fingerprint density at radius 3 is 2.40 bits per heavy atom. The summed E-state index contributed by atoms with van der Waals surface area (Å²) in [5.41, 5.74) is 0.735. The van der Waals surface area contributed by atoms with Crippen LogP contribution in [0.4, 0.5) is 8.78 Å². The van der Waals surface area contributed by atoms with Crippen LogP contribution in [0.2, 0.25) is 0 Å². The van der Waals surface area contributed by atoms with E-state index in [1.165, 1.54) is 50.7 Å². The highest BCUT2D eigenvalue weighted by Crippen LogP contribution is 2.33. The Bertz CT molecular complexity index is 443. The molecule has 1 fully saturated rings. The van der Waals surface area contributed by atoms with E-state index >= 15 is 0 Å². The molecule has 0 nitrogen and oxygen atoms in total. The van der Waals surface area contributed by atoms with Crippen molar-refractivity contribution in [2.24, 2.45) is 11.8 Å². The molecule has 0 aromatic heterocycles. The lowest BCUT2D eigenvalue weighted by atomic mass is 9.79. The van der Waals surface area contributed by atoms with Crippen molar-refractivity contribution in [3.05, 3.63) is 41.5 Å². The monoisotopic (exact) mass is 278 g/mol. The zero-order valence-corrected chi connectivity index (χ0v) is 12.2. The lowest BCUT2D eigenvalue weighted by Crippen LogP contribution is -2.13. The van der Waals surface area contributed by atoms with Gasteiger partial charge in [0, 0.05) is 0 Å². The average Bonchev–Trinajstić information content (AvgIpc) is 2.48. The highest BCUT2D eigenvalue weighted by atomic mass is 19.2. The fraction of sp³-hybridized carbons (Fsp3) is 0.556. The van der Waals surface area contributed by atoms with Gasteiger partial charge >= 0.3 is 0 Å². The Kier molecular flexibility index (Phi) is 5.75. The first-order chi connectivity index (χ1) is 9.69. The molecule has 2 heteroatoms. The predicted molar refractivity (Wildman–Crippen MR) is 80.4 cm³/mol. The number of rotatable bonds is 5. The smallest absolute Gasteiger partial charge is 0.159 e. The van der Waals surface area contributed by atoms with E-state index in [0.29, 0.717) is 0 Å². The number of hydrogen-bond acceptors (Lipinski definition) is 0. The molecule has 1 aliphatic rings. The van der Waals surface area contributed by atoms with Gasteiger partial charge in [0.25, 0.3) is 0 Å². The summed E-state index contributed by atoms with van der Waals surface area (Å²) in [6, 6.07) is 4.04. The molecule has 1 aromatic rings. The maximum absolute atomic E-state index is 13.0. The highest BCUT2D eigenvalue weighted by molar-refractivity contribution is 5.48. The Hall–Kier alpha value is -1.18. The summed E-state index contributed by atoms with van der Waals surface area (Å²) in [5, 5.41) is 0. The first kappa shape index (κ1) is 15.2. The summed E-state index contributed by atoms with van der Waals surface area (Å²) in [5.74, 6) is 0.247. The molecule has 0 atom stereocenters. The molecule has 1 saturated carbocycles. The van der Waals surface area contributed by atoms with Crippen molar-refractivity contribution in [2.75, 3.05) is 0 Å². The van der Waals surface area contributed by atoms with E-state index in [1.54, 1.807) is 6.07 Å². The minimum Gasteiger partial charge on any atom is -0.204 e. The van der Waals surface area contributed by atoms with Gasteiger partial charge in [-0.05, 0) is 42.4 Å². The van der Waals surface area contributed by atoms with Crippen molar-refractivity contribution >= 4 is 6.08 Å². The summed E-state index contributed by atoms with van der Waals surface area (Å²) < 4.78 is 25.8. The zero-order chi connectivity index (χ0) is 14.4. The SMILES string of the molecule is CCC1CCC(CC/C=C\c2ccc(F)c(F)c2)CC1. The van der Waals surface area contributed by atoms with Crippen molar-refractivity contribution in [2.45, 2.75) is 51.9 Å². The Labute approximate surface area is 120 Å². The van der Waals surface area contributed by atoms with Gasteiger partial charge in [0.1, 0.15) is 0 Å². The van der Waals surface area contributed by atoms with Gasteiger partial charge in [0.2, 0.25) is 0 Å². The molecule has 0 saturated heterocycles. The van der Waals surface area contributed by atoms with Crippen LogP contribution in [-0.2, 0) is 0 Å². The van der Waals surface area contributed by atoms with Gasteiger partial charge in [-0.25, -0.2) is 8.78 Å². The number of benzene rings is 1. The summed E-state index contributed by atoms with van der Waals surface area (Å²) in [6.07, 6.45) is 13.0. The van der Waals surface area contributed by atoms with E-state index in [0.717, 1.165) is 23.8 Å². The molecular formula is C18H24F2. The molecule has 0 amide bonds. The lowest BCUT2D eigenvalue weighted by Gasteiger charge is -2.27. The fourth-order valence-corrected chi connectivity index (χ4v) is 3.10. The summed E-state index contributed by atoms with van der Waals surface area (Å²) in [4.78, 5) is 0. The van der Waals surface area contributed by atoms with Crippen molar-refractivity contribution in [3.8, 4) is 0 Å². The second-order valence-corrected chi connectivity index (χ2v) is 5.95. The topological polar surface area (TPSA) is 0 Å². The van der Waals surface area contributed by atoms with E-state index in [4.69, 9.17) is 0 Å². The van der Waals surface area contributed by atoms with Crippen LogP contribution in [0.5, 0.6) is 0 Å². The first-order valence-electron chi connectivity index (χ1n) is 7.80. The third kappa shape index (κ3) is 4.43. The van der Waals surface area contributed by atoms with Crippen molar-refractivity contribution in [1.82, 2.24) is 0 Å². The molecule has 0 bridgehead atoms. The van der Waals surface area contributed by atoms with Crippen LogP contribution in [0.1, 0.15) is 57.4 Å². The van der Waals surface area contributed by atoms with E-state index in [9.17, 15) is 8.78 Å². The molecule has 1 aromatic carbocycles. The predicted octanol–water partition coefficient (Wildman–Crippen LogP) is 5.97. The summed E-state index contributed by atoms with van der Waals surface area (Å²) >= 11 is 0. The maximum Gasteiger partial charge on any atom is 0.159 e. The van der Waals surface area contributed by atoms with Crippen molar-refractivity contribution in [3.63, 3.8) is 0 Å². The van der Waals surface area contributed by atoms with Crippen LogP contribution in [0, 0.1) is 23.5 Å². The van der Waals surface area contributed by atoms with E-state index in [-0.39, 0.29) is 0 Å². The minimum absolute atomic E-state index is 0.735. The standard InChI is InChI=1S/C18H24F2/c1-2-14-7-9-15(10-8-14)5-3-4-6-16-11-12-17(19)18(20)13-16/h4,6,11-15H,2-3,5,7-10H2,1H3/b6-4-. The van der Waals surface area contributed by atoms with Gasteiger partial charge < -0.3 is 0 Å². The van der Waals surface area contributed by atoms with Crippen LogP contribution >= 0.6 is 0 Å². The van der Waals surface area contributed by atoms with Gasteiger partial charge in [-0.3, -0.25) is 0 Å². The fourth-order valence-electron chi connectivity index (χ4n) is 3.10. The lowest BCUT2D eigenvalue weighted by molar-refractivity contribution is 0.260. The van der Waals surface area contributed by atoms with E-state index in [2.05, 4.69) is 13.0 Å². The number of allylic oxidation sites excluding steroid dienone is 1. The second kappa shape index (κ2) is 7.56. The van der Waals surface area contributed by atoms with E-state index < -0.39 is 11.6 Å². The van der Waals surface area contributed by atoms with E-state index in [1.807, 2.05) is 6.08 Å². The molecule has 20 heavy (non-hydrogen) atoms. The normalized spacial score (nSPS) is 23.4. The molecule has 0 heterocycles. The summed E-state index contributed by atoms with van der Waals surface area (Å²) in [7, 11) is 0. The quantitative estimate of drug-likeness (QED) is 0.622. The van der Waals surface area contributed by atoms with Gasteiger partial charge in [0.05, 0.1) is 0 Å². The highest BCUT2D eigenvalue weighted by Gasteiger charge is 2.18.